The molecule has 4 rings (SSSR count). The number of benzene rings is 1. The van der Waals surface area contributed by atoms with Crippen LogP contribution in [0.4, 0.5) is 20.4 Å². The molecule has 0 bridgehead atoms. The maximum Gasteiger partial charge on any atom is 0.289 e. The number of anilines is 2. The Bertz CT molecular complexity index is 1170. The summed E-state index contributed by atoms with van der Waals surface area (Å²) in [6, 6.07) is 9.76. The topological polar surface area (TPSA) is 85.8 Å². The number of hydrogen-bond acceptors (Lipinski definition) is 4. The molecule has 0 fully saturated rings. The van der Waals surface area contributed by atoms with Gasteiger partial charge in [0.25, 0.3) is 11.8 Å². The van der Waals surface area contributed by atoms with E-state index in [0.29, 0.717) is 35.5 Å². The van der Waals surface area contributed by atoms with Gasteiger partial charge in [0.2, 0.25) is 0 Å². The number of fused-ring (bicyclic) bond motifs is 1. The third kappa shape index (κ3) is 4.01. The van der Waals surface area contributed by atoms with E-state index in [4.69, 9.17) is 5.73 Å². The quantitative estimate of drug-likeness (QED) is 0.634. The summed E-state index contributed by atoms with van der Waals surface area (Å²) in [5.74, 6) is 3.17. The van der Waals surface area contributed by atoms with Crippen LogP contribution < -0.4 is 11.1 Å². The lowest BCUT2D eigenvalue weighted by atomic mass is 10.0. The van der Waals surface area contributed by atoms with Crippen LogP contribution in [0, 0.1) is 18.8 Å². The second-order valence-electron chi connectivity index (χ2n) is 7.15. The van der Waals surface area contributed by atoms with E-state index in [2.05, 4.69) is 27.2 Å². The van der Waals surface area contributed by atoms with Crippen molar-refractivity contribution in [1.29, 1.82) is 0 Å². The molecule has 0 saturated carbocycles. The van der Waals surface area contributed by atoms with Gasteiger partial charge in [-0.3, -0.25) is 9.48 Å². The highest BCUT2D eigenvalue weighted by Crippen LogP contribution is 2.37. The van der Waals surface area contributed by atoms with Gasteiger partial charge in [0.05, 0.1) is 0 Å². The number of carbonyl (C=O) groups excluding carboxylic acids is 1. The maximum absolute atomic E-state index is 14.0. The van der Waals surface area contributed by atoms with E-state index in [9.17, 15) is 13.6 Å². The Morgan fingerprint density at radius 3 is 2.80 bits per heavy atom. The van der Waals surface area contributed by atoms with E-state index < -0.39 is 11.8 Å². The van der Waals surface area contributed by atoms with Crippen LogP contribution in [-0.2, 0) is 12.5 Å². The number of alkyl halides is 2. The molecule has 1 aliphatic heterocycles. The van der Waals surface area contributed by atoms with Crippen LogP contribution in [0.5, 0.6) is 0 Å². The Labute approximate surface area is 172 Å². The average Bonchev–Trinajstić information content (AvgIpc) is 3.12. The predicted molar refractivity (Wildman–Crippen MR) is 109 cm³/mol. The van der Waals surface area contributed by atoms with E-state index >= 15 is 0 Å². The van der Waals surface area contributed by atoms with Crippen LogP contribution in [0.1, 0.15) is 45.6 Å². The van der Waals surface area contributed by atoms with Crippen LogP contribution in [0.15, 0.2) is 42.6 Å². The summed E-state index contributed by atoms with van der Waals surface area (Å²) in [6.45, 7) is 2.30. The Balaban J connectivity index is 1.55. The second kappa shape index (κ2) is 7.59. The Hall–Kier alpha value is -3.73. The first kappa shape index (κ1) is 19.6. The number of nitrogen functional groups attached to an aromatic ring is 1. The highest BCUT2D eigenvalue weighted by molar-refractivity contribution is 6.04. The number of carbonyl (C=O) groups is 1. The van der Waals surface area contributed by atoms with Gasteiger partial charge in [0, 0.05) is 41.9 Å². The van der Waals surface area contributed by atoms with Crippen molar-refractivity contribution >= 4 is 17.5 Å². The third-order valence-electron chi connectivity index (χ3n) is 4.88. The van der Waals surface area contributed by atoms with Gasteiger partial charge in [-0.2, -0.15) is 13.9 Å². The second-order valence-corrected chi connectivity index (χ2v) is 7.15. The lowest BCUT2D eigenvalue weighted by Crippen LogP contribution is -2.25. The number of nitrogens with two attached hydrogens (primary N) is 1. The van der Waals surface area contributed by atoms with Gasteiger partial charge in [-0.05, 0) is 43.2 Å². The lowest BCUT2D eigenvalue weighted by molar-refractivity contribution is -0.0364. The zero-order valence-corrected chi connectivity index (χ0v) is 16.2. The van der Waals surface area contributed by atoms with Crippen molar-refractivity contribution in [3.05, 3.63) is 70.5 Å². The molecule has 0 unspecified atom stereocenters. The summed E-state index contributed by atoms with van der Waals surface area (Å²) in [5.41, 5.74) is 8.03. The Morgan fingerprint density at radius 1 is 1.23 bits per heavy atom. The molecule has 0 saturated heterocycles. The first-order valence-electron chi connectivity index (χ1n) is 9.43. The number of aromatic nitrogens is 3. The van der Waals surface area contributed by atoms with Crippen molar-refractivity contribution in [2.75, 3.05) is 11.1 Å². The van der Waals surface area contributed by atoms with Crippen LogP contribution in [0.2, 0.25) is 0 Å². The van der Waals surface area contributed by atoms with Crippen molar-refractivity contribution < 1.29 is 13.6 Å². The molecule has 0 radical (unpaired) electrons. The number of rotatable bonds is 2. The molecule has 3 aromatic rings. The largest absolute Gasteiger partial charge is 0.384 e. The van der Waals surface area contributed by atoms with E-state index in [1.165, 1.54) is 10.7 Å². The van der Waals surface area contributed by atoms with Gasteiger partial charge in [-0.15, -0.1) is 0 Å². The Morgan fingerprint density at radius 2 is 2.07 bits per heavy atom. The van der Waals surface area contributed by atoms with Crippen molar-refractivity contribution in [1.82, 2.24) is 14.8 Å². The first-order valence-corrected chi connectivity index (χ1v) is 9.43. The highest BCUT2D eigenvalue weighted by Gasteiger charge is 2.38. The number of nitrogens with one attached hydrogen (secondary N) is 1. The van der Waals surface area contributed by atoms with E-state index in [0.717, 1.165) is 5.56 Å². The fourth-order valence-electron chi connectivity index (χ4n) is 3.23. The fourth-order valence-corrected chi connectivity index (χ4v) is 3.23. The lowest BCUT2D eigenvalue weighted by Gasteiger charge is -2.22. The van der Waals surface area contributed by atoms with Gasteiger partial charge in [-0.1, -0.05) is 17.9 Å². The van der Waals surface area contributed by atoms with E-state index in [1.807, 2.05) is 6.92 Å². The van der Waals surface area contributed by atoms with Crippen molar-refractivity contribution in [3.8, 4) is 11.8 Å². The molecule has 6 nitrogen and oxygen atoms in total. The molecular weight excluding hydrogens is 388 g/mol. The summed E-state index contributed by atoms with van der Waals surface area (Å²) in [4.78, 5) is 16.6. The van der Waals surface area contributed by atoms with Crippen molar-refractivity contribution in [2.24, 2.45) is 0 Å². The smallest absolute Gasteiger partial charge is 0.289 e. The first-order chi connectivity index (χ1) is 14.3. The Kier molecular flexibility index (Phi) is 4.96. The van der Waals surface area contributed by atoms with Crippen molar-refractivity contribution in [3.63, 3.8) is 0 Å². The molecule has 3 N–H and O–H groups in total. The van der Waals surface area contributed by atoms with Crippen LogP contribution >= 0.6 is 0 Å². The normalized spacial score (nSPS) is 14.4. The summed E-state index contributed by atoms with van der Waals surface area (Å²) in [6.07, 6.45) is 1.71. The molecule has 1 aliphatic rings. The number of aryl methyl sites for hydroxylation is 2. The molecule has 1 aromatic carbocycles. The van der Waals surface area contributed by atoms with Crippen LogP contribution in [0.3, 0.4) is 0 Å². The fraction of sp³-hybridized carbons (Fsp3) is 0.227. The summed E-state index contributed by atoms with van der Waals surface area (Å²) >= 11 is 0. The monoisotopic (exact) mass is 407 g/mol. The van der Waals surface area contributed by atoms with Crippen molar-refractivity contribution in [2.45, 2.75) is 32.2 Å². The molecule has 0 aliphatic carbocycles. The van der Waals surface area contributed by atoms with Gasteiger partial charge in [0.15, 0.2) is 5.82 Å². The van der Waals surface area contributed by atoms with Gasteiger partial charge >= 0.3 is 0 Å². The predicted octanol–water partition coefficient (Wildman–Crippen LogP) is 3.71. The maximum atomic E-state index is 14.0. The van der Waals surface area contributed by atoms with Crippen LogP contribution in [-0.4, -0.2) is 20.7 Å². The number of pyridine rings is 1. The minimum Gasteiger partial charge on any atom is -0.384 e. The molecule has 3 heterocycles. The number of hydrogen-bond donors (Lipinski definition) is 2. The SMILES string of the molecule is Cc1ccc(C(=O)Nc2cc3n(n2)CCCC3(F)F)cc1C#Cc1ccc(N)nc1. The zero-order chi connectivity index (χ0) is 21.3. The molecular formula is C22H19F2N5O. The van der Waals surface area contributed by atoms with Crippen LogP contribution in [0.25, 0.3) is 0 Å². The average molecular weight is 407 g/mol. The summed E-state index contributed by atoms with van der Waals surface area (Å²) < 4.78 is 29.3. The number of halogens is 2. The van der Waals surface area contributed by atoms with Gasteiger partial charge in [0.1, 0.15) is 11.5 Å². The molecule has 152 valence electrons. The molecule has 0 spiro atoms. The number of amides is 1. The van der Waals surface area contributed by atoms with E-state index in [-0.39, 0.29) is 17.9 Å². The zero-order valence-electron chi connectivity index (χ0n) is 16.2. The molecule has 30 heavy (non-hydrogen) atoms. The van der Waals surface area contributed by atoms with Gasteiger partial charge < -0.3 is 11.1 Å². The standard InChI is InChI=1S/C22H19F2N5O/c1-14-3-6-17(11-16(14)7-4-15-5-8-19(25)26-13-15)21(30)27-20-12-18-22(23,24)9-2-10-29(18)28-20/h3,5-6,8,11-13H,2,9-10H2,1H3,(H2,25,26)(H,27,28,30). The van der Waals surface area contributed by atoms with Gasteiger partial charge in [-0.25, -0.2) is 4.98 Å². The molecule has 0 atom stereocenters. The van der Waals surface area contributed by atoms with E-state index in [1.54, 1.807) is 36.5 Å². The minimum atomic E-state index is -2.93. The molecule has 1 amide bonds. The number of nitrogens with zero attached hydrogens (tertiary/aromatic N) is 3. The summed E-state index contributed by atoms with van der Waals surface area (Å²) in [7, 11) is 0. The molecule has 8 heteroatoms. The highest BCUT2D eigenvalue weighted by atomic mass is 19.3. The summed E-state index contributed by atoms with van der Waals surface area (Å²) in [5, 5.41) is 6.70. The third-order valence-corrected chi connectivity index (χ3v) is 4.88. The minimum absolute atomic E-state index is 0.109. The molecule has 2 aromatic heterocycles.